The number of nitrogens with one attached hydrogen (secondary N) is 2. The molecule has 1 aliphatic rings. The molecule has 28 heavy (non-hydrogen) atoms. The van der Waals surface area contributed by atoms with E-state index in [9.17, 15) is 4.79 Å². The molecule has 1 aromatic carbocycles. The number of pyridine rings is 1. The van der Waals surface area contributed by atoms with Gasteiger partial charge >= 0.3 is 6.03 Å². The van der Waals surface area contributed by atoms with Crippen LogP contribution >= 0.6 is 0 Å². The molecule has 1 fully saturated rings. The number of aromatic nitrogens is 1. The number of nitrogens with two attached hydrogens (primary N) is 1. The van der Waals surface area contributed by atoms with Crippen molar-refractivity contribution in [3.8, 4) is 11.3 Å². The molecule has 0 aliphatic carbocycles. The van der Waals surface area contributed by atoms with Gasteiger partial charge in [-0.2, -0.15) is 0 Å². The fraction of sp³-hybridized carbons (Fsp3) is 0.381. The Bertz CT molecular complexity index is 800. The van der Waals surface area contributed by atoms with Gasteiger partial charge in [-0.15, -0.1) is 0 Å². The number of guanidine groups is 1. The zero-order valence-electron chi connectivity index (χ0n) is 16.3. The maximum absolute atomic E-state index is 11.3. The van der Waals surface area contributed by atoms with E-state index in [0.29, 0.717) is 19.6 Å². The highest BCUT2D eigenvalue weighted by Gasteiger charge is 2.21. The molecule has 7 nitrogen and oxygen atoms in total. The Labute approximate surface area is 166 Å². The highest BCUT2D eigenvalue weighted by atomic mass is 16.2. The van der Waals surface area contributed by atoms with E-state index in [-0.39, 0.29) is 12.1 Å². The molecule has 2 aromatic rings. The van der Waals surface area contributed by atoms with Crippen LogP contribution in [0.3, 0.4) is 0 Å². The number of likely N-dealkylation sites (tertiary alicyclic amines) is 1. The Balaban J connectivity index is 1.62. The van der Waals surface area contributed by atoms with Crippen molar-refractivity contribution >= 4 is 12.0 Å². The number of aliphatic imine (C=N–C) groups is 1. The Morgan fingerprint density at radius 3 is 2.75 bits per heavy atom. The number of piperidine rings is 1. The van der Waals surface area contributed by atoms with E-state index in [0.717, 1.165) is 42.2 Å². The average molecular weight is 380 g/mol. The second kappa shape index (κ2) is 9.73. The van der Waals surface area contributed by atoms with E-state index in [1.54, 1.807) is 11.1 Å². The Morgan fingerprint density at radius 2 is 2.07 bits per heavy atom. The topological polar surface area (TPSA) is 95.6 Å². The minimum absolute atomic E-state index is 0.285. The predicted octanol–water partition coefficient (Wildman–Crippen LogP) is 2.35. The first-order chi connectivity index (χ1) is 13.7. The summed E-state index contributed by atoms with van der Waals surface area (Å²) in [5, 5.41) is 6.78. The molecule has 1 aliphatic heterocycles. The maximum atomic E-state index is 11.3. The summed E-state index contributed by atoms with van der Waals surface area (Å²) in [6.45, 7) is 4.78. The molecule has 2 amide bonds. The zero-order valence-corrected chi connectivity index (χ0v) is 16.3. The number of carbonyl (C=O) groups is 1. The molecule has 3 rings (SSSR count). The lowest BCUT2D eigenvalue weighted by Crippen LogP contribution is -2.50. The number of hydrogen-bond acceptors (Lipinski definition) is 3. The van der Waals surface area contributed by atoms with Crippen molar-refractivity contribution in [1.82, 2.24) is 20.5 Å². The molecule has 1 saturated heterocycles. The van der Waals surface area contributed by atoms with Gasteiger partial charge in [0.05, 0.1) is 12.2 Å². The third-order valence-corrected chi connectivity index (χ3v) is 4.80. The van der Waals surface area contributed by atoms with Crippen LogP contribution in [-0.2, 0) is 6.54 Å². The molecule has 7 heteroatoms. The summed E-state index contributed by atoms with van der Waals surface area (Å²) in [7, 11) is 0. The number of carbonyl (C=O) groups excluding carboxylic acids is 1. The van der Waals surface area contributed by atoms with E-state index in [1.165, 1.54) is 0 Å². The molecule has 0 radical (unpaired) electrons. The minimum Gasteiger partial charge on any atom is -0.357 e. The van der Waals surface area contributed by atoms with Gasteiger partial charge in [0.15, 0.2) is 5.96 Å². The summed E-state index contributed by atoms with van der Waals surface area (Å²) < 4.78 is 0. The first-order valence-electron chi connectivity index (χ1n) is 9.75. The number of nitrogens with zero attached hydrogens (tertiary/aromatic N) is 3. The molecule has 2 heterocycles. The lowest BCUT2D eigenvalue weighted by atomic mass is 10.1. The quantitative estimate of drug-likeness (QED) is 0.548. The second-order valence-corrected chi connectivity index (χ2v) is 6.85. The number of primary amides is 1. The van der Waals surface area contributed by atoms with Crippen LogP contribution in [0.1, 0.15) is 25.3 Å². The summed E-state index contributed by atoms with van der Waals surface area (Å²) in [5.74, 6) is 0.795. The fourth-order valence-corrected chi connectivity index (χ4v) is 3.29. The summed E-state index contributed by atoms with van der Waals surface area (Å²) >= 11 is 0. The molecular weight excluding hydrogens is 352 g/mol. The van der Waals surface area contributed by atoms with E-state index in [2.05, 4.69) is 40.7 Å². The molecule has 148 valence electrons. The van der Waals surface area contributed by atoms with Crippen molar-refractivity contribution in [1.29, 1.82) is 0 Å². The maximum Gasteiger partial charge on any atom is 0.314 e. The molecule has 0 bridgehead atoms. The van der Waals surface area contributed by atoms with Crippen LogP contribution in [0, 0.1) is 0 Å². The van der Waals surface area contributed by atoms with Gasteiger partial charge in [0.2, 0.25) is 0 Å². The van der Waals surface area contributed by atoms with Gasteiger partial charge in [0.1, 0.15) is 0 Å². The smallest absolute Gasteiger partial charge is 0.314 e. The van der Waals surface area contributed by atoms with Gasteiger partial charge in [-0.25, -0.2) is 9.79 Å². The number of benzene rings is 1. The molecule has 0 saturated carbocycles. The summed E-state index contributed by atoms with van der Waals surface area (Å²) in [6.07, 6.45) is 3.53. The van der Waals surface area contributed by atoms with Gasteiger partial charge in [-0.3, -0.25) is 4.98 Å². The van der Waals surface area contributed by atoms with Crippen LogP contribution in [0.15, 0.2) is 53.7 Å². The SMILES string of the molecule is CCNC(=NCc1cccc(-c2ccccn2)c1)NC1CCN(C(N)=O)CC1. The third kappa shape index (κ3) is 5.45. The van der Waals surface area contributed by atoms with Crippen molar-refractivity contribution in [3.63, 3.8) is 0 Å². The van der Waals surface area contributed by atoms with Gasteiger partial charge in [0.25, 0.3) is 0 Å². The van der Waals surface area contributed by atoms with Crippen LogP contribution in [-0.4, -0.2) is 47.6 Å². The first kappa shape index (κ1) is 19.7. The van der Waals surface area contributed by atoms with E-state index < -0.39 is 0 Å². The molecule has 0 unspecified atom stereocenters. The standard InChI is InChI=1S/C21H28N6O/c1-2-23-21(26-18-9-12-27(13-10-18)20(22)28)25-15-16-6-5-7-17(14-16)19-8-3-4-11-24-19/h3-8,11,14,18H,2,9-10,12-13,15H2,1H3,(H2,22,28)(H2,23,25,26). The number of rotatable bonds is 5. The lowest BCUT2D eigenvalue weighted by molar-refractivity contribution is 0.188. The highest BCUT2D eigenvalue weighted by Crippen LogP contribution is 2.18. The lowest BCUT2D eigenvalue weighted by Gasteiger charge is -2.32. The Morgan fingerprint density at radius 1 is 1.25 bits per heavy atom. The van der Waals surface area contributed by atoms with Crippen LogP contribution in [0.5, 0.6) is 0 Å². The van der Waals surface area contributed by atoms with Crippen LogP contribution in [0.4, 0.5) is 4.79 Å². The summed E-state index contributed by atoms with van der Waals surface area (Å²) in [5.41, 5.74) is 8.53. The molecule has 0 atom stereocenters. The molecule has 4 N–H and O–H groups in total. The first-order valence-corrected chi connectivity index (χ1v) is 9.75. The van der Waals surface area contributed by atoms with Crippen molar-refractivity contribution in [3.05, 3.63) is 54.2 Å². The van der Waals surface area contributed by atoms with Crippen molar-refractivity contribution in [2.75, 3.05) is 19.6 Å². The Kier molecular flexibility index (Phi) is 6.84. The van der Waals surface area contributed by atoms with Crippen LogP contribution in [0.2, 0.25) is 0 Å². The number of amides is 2. The predicted molar refractivity (Wildman–Crippen MR) is 112 cm³/mol. The largest absolute Gasteiger partial charge is 0.357 e. The third-order valence-electron chi connectivity index (χ3n) is 4.80. The molecule has 1 aromatic heterocycles. The van der Waals surface area contributed by atoms with Crippen molar-refractivity contribution in [2.24, 2.45) is 10.7 Å². The number of urea groups is 1. The minimum atomic E-state index is -0.341. The van der Waals surface area contributed by atoms with E-state index >= 15 is 0 Å². The monoisotopic (exact) mass is 380 g/mol. The highest BCUT2D eigenvalue weighted by molar-refractivity contribution is 5.80. The van der Waals surface area contributed by atoms with Gasteiger partial charge in [-0.05, 0) is 43.5 Å². The second-order valence-electron chi connectivity index (χ2n) is 6.85. The number of hydrogen-bond donors (Lipinski definition) is 3. The van der Waals surface area contributed by atoms with Crippen LogP contribution in [0.25, 0.3) is 11.3 Å². The average Bonchev–Trinajstić information content (AvgIpc) is 2.73. The van der Waals surface area contributed by atoms with Crippen LogP contribution < -0.4 is 16.4 Å². The normalized spacial score (nSPS) is 15.3. The van der Waals surface area contributed by atoms with Gasteiger partial charge in [0, 0.05) is 37.4 Å². The van der Waals surface area contributed by atoms with E-state index in [4.69, 9.17) is 10.7 Å². The zero-order chi connectivity index (χ0) is 19.8. The molecule has 0 spiro atoms. The van der Waals surface area contributed by atoms with Gasteiger partial charge < -0.3 is 21.3 Å². The van der Waals surface area contributed by atoms with Crippen molar-refractivity contribution < 1.29 is 4.79 Å². The van der Waals surface area contributed by atoms with Crippen molar-refractivity contribution in [2.45, 2.75) is 32.4 Å². The van der Waals surface area contributed by atoms with Gasteiger partial charge in [-0.1, -0.05) is 24.3 Å². The molecular formula is C21H28N6O. The Hall–Kier alpha value is -3.09. The summed E-state index contributed by atoms with van der Waals surface area (Å²) in [6, 6.07) is 14.2. The fourth-order valence-electron chi connectivity index (χ4n) is 3.29. The summed E-state index contributed by atoms with van der Waals surface area (Å²) in [4.78, 5) is 22.1. The van der Waals surface area contributed by atoms with E-state index in [1.807, 2.05) is 24.3 Å².